The molecule has 0 aromatic rings. The van der Waals surface area contributed by atoms with E-state index >= 15 is 0 Å². The summed E-state index contributed by atoms with van der Waals surface area (Å²) in [7, 11) is 0. The first-order valence-corrected chi connectivity index (χ1v) is 3.78. The Hall–Kier alpha value is -0.260. The third-order valence-electron chi connectivity index (χ3n) is 2.79. The lowest BCUT2D eigenvalue weighted by Gasteiger charge is -2.41. The molecule has 3 atom stereocenters. The van der Waals surface area contributed by atoms with Crippen molar-refractivity contribution in [3.05, 3.63) is 12.2 Å². The maximum absolute atomic E-state index is 3.96. The highest BCUT2D eigenvalue weighted by molar-refractivity contribution is 5.05. The van der Waals surface area contributed by atoms with Crippen LogP contribution in [0.15, 0.2) is 12.2 Å². The summed E-state index contributed by atoms with van der Waals surface area (Å²) < 4.78 is 0. The normalized spacial score (nSPS) is 41.9. The van der Waals surface area contributed by atoms with E-state index in [9.17, 15) is 0 Å². The van der Waals surface area contributed by atoms with Gasteiger partial charge in [0, 0.05) is 0 Å². The molecule has 0 heterocycles. The predicted molar refractivity (Wildman–Crippen MR) is 41.2 cm³/mol. The van der Waals surface area contributed by atoms with Crippen LogP contribution in [0.3, 0.4) is 0 Å². The lowest BCUT2D eigenvalue weighted by Crippen LogP contribution is -2.32. The highest BCUT2D eigenvalue weighted by Crippen LogP contribution is 2.43. The fourth-order valence-corrected chi connectivity index (χ4v) is 1.68. The molecule has 0 amide bonds. The molecular weight excluding hydrogens is 108 g/mol. The lowest BCUT2D eigenvalue weighted by molar-refractivity contribution is 0.135. The van der Waals surface area contributed by atoms with Crippen LogP contribution in [-0.4, -0.2) is 0 Å². The second-order valence-corrected chi connectivity index (χ2v) is 3.52. The third kappa shape index (κ3) is 1.03. The Bertz CT molecular complexity index is 124. The Morgan fingerprint density at radius 2 is 2.00 bits per heavy atom. The van der Waals surface area contributed by atoms with Crippen LogP contribution >= 0.6 is 0 Å². The molecule has 0 heteroatoms. The van der Waals surface area contributed by atoms with Gasteiger partial charge in [0.15, 0.2) is 0 Å². The van der Waals surface area contributed by atoms with Crippen molar-refractivity contribution < 1.29 is 0 Å². The van der Waals surface area contributed by atoms with Gasteiger partial charge in [0.25, 0.3) is 0 Å². The first-order valence-electron chi connectivity index (χ1n) is 3.78. The summed E-state index contributed by atoms with van der Waals surface area (Å²) in [6.07, 6.45) is 1.37. The van der Waals surface area contributed by atoms with E-state index in [1.807, 2.05) is 0 Å². The first kappa shape index (κ1) is 6.85. The van der Waals surface area contributed by atoms with Crippen LogP contribution in [0.25, 0.3) is 0 Å². The maximum atomic E-state index is 3.96. The van der Waals surface area contributed by atoms with Gasteiger partial charge in [-0.1, -0.05) is 26.0 Å². The van der Waals surface area contributed by atoms with Crippen LogP contribution in [0.5, 0.6) is 0 Å². The Labute approximate surface area is 58.0 Å². The third-order valence-corrected chi connectivity index (χ3v) is 2.79. The largest absolute Gasteiger partial charge is 0.0999 e. The maximum Gasteiger partial charge on any atom is -0.0178 e. The zero-order chi connectivity index (χ0) is 7.02. The summed E-state index contributed by atoms with van der Waals surface area (Å²) in [5.74, 6) is 2.66. The summed E-state index contributed by atoms with van der Waals surface area (Å²) in [6.45, 7) is 10.8. The minimum atomic E-state index is 0.833. The van der Waals surface area contributed by atoms with Gasteiger partial charge in [-0.05, 0) is 31.1 Å². The van der Waals surface area contributed by atoms with Crippen LogP contribution in [0.1, 0.15) is 27.2 Å². The molecule has 0 bridgehead atoms. The molecular formula is C9H16. The Morgan fingerprint density at radius 1 is 1.44 bits per heavy atom. The van der Waals surface area contributed by atoms with Crippen molar-refractivity contribution in [2.75, 3.05) is 0 Å². The average molecular weight is 124 g/mol. The molecule has 0 aliphatic heterocycles. The van der Waals surface area contributed by atoms with Gasteiger partial charge in [0.2, 0.25) is 0 Å². The molecule has 52 valence electrons. The van der Waals surface area contributed by atoms with E-state index in [1.54, 1.807) is 0 Å². The van der Waals surface area contributed by atoms with Gasteiger partial charge >= 0.3 is 0 Å². The monoisotopic (exact) mass is 124 g/mol. The minimum absolute atomic E-state index is 0.833. The van der Waals surface area contributed by atoms with E-state index < -0.39 is 0 Å². The van der Waals surface area contributed by atoms with Crippen molar-refractivity contribution in [3.8, 4) is 0 Å². The van der Waals surface area contributed by atoms with Crippen molar-refractivity contribution in [3.63, 3.8) is 0 Å². The van der Waals surface area contributed by atoms with Crippen LogP contribution in [0.2, 0.25) is 0 Å². The Kier molecular flexibility index (Phi) is 1.65. The van der Waals surface area contributed by atoms with E-state index in [0.29, 0.717) is 0 Å². The van der Waals surface area contributed by atoms with E-state index in [-0.39, 0.29) is 0 Å². The minimum Gasteiger partial charge on any atom is -0.0999 e. The highest BCUT2D eigenvalue weighted by Gasteiger charge is 2.34. The van der Waals surface area contributed by atoms with Crippen molar-refractivity contribution in [2.45, 2.75) is 27.2 Å². The van der Waals surface area contributed by atoms with Gasteiger partial charge in [0.05, 0.1) is 0 Å². The smallest absolute Gasteiger partial charge is 0.0178 e. The topological polar surface area (TPSA) is 0 Å². The number of allylic oxidation sites excluding steroid dienone is 1. The van der Waals surface area contributed by atoms with E-state index in [1.165, 1.54) is 12.0 Å². The molecule has 1 fully saturated rings. The summed E-state index contributed by atoms with van der Waals surface area (Å²) in [5, 5.41) is 0. The van der Waals surface area contributed by atoms with Gasteiger partial charge in [-0.15, -0.1) is 0 Å². The number of hydrogen-bond acceptors (Lipinski definition) is 0. The SMILES string of the molecule is C=C(C)C1CC(C)C1C. The molecule has 0 nitrogen and oxygen atoms in total. The van der Waals surface area contributed by atoms with E-state index in [4.69, 9.17) is 0 Å². The number of rotatable bonds is 1. The van der Waals surface area contributed by atoms with E-state index in [2.05, 4.69) is 27.4 Å². The highest BCUT2D eigenvalue weighted by atomic mass is 14.4. The lowest BCUT2D eigenvalue weighted by atomic mass is 9.64. The molecule has 1 rings (SSSR count). The van der Waals surface area contributed by atoms with Crippen LogP contribution in [0, 0.1) is 17.8 Å². The molecule has 0 spiro atoms. The molecule has 0 saturated heterocycles. The molecule has 1 aliphatic rings. The summed E-state index contributed by atoms with van der Waals surface area (Å²) >= 11 is 0. The van der Waals surface area contributed by atoms with Crippen molar-refractivity contribution in [1.82, 2.24) is 0 Å². The molecule has 0 radical (unpaired) electrons. The molecule has 1 saturated carbocycles. The zero-order valence-corrected chi connectivity index (χ0v) is 6.65. The standard InChI is InChI=1S/C9H16/c1-6(2)9-5-7(3)8(9)4/h7-9H,1,5H2,2-4H3. The van der Waals surface area contributed by atoms with Gasteiger partial charge in [-0.2, -0.15) is 0 Å². The average Bonchev–Trinajstić information content (AvgIpc) is 1.81. The fourth-order valence-electron chi connectivity index (χ4n) is 1.68. The summed E-state index contributed by atoms with van der Waals surface area (Å²) in [4.78, 5) is 0. The molecule has 0 aromatic heterocycles. The van der Waals surface area contributed by atoms with Crippen LogP contribution < -0.4 is 0 Å². The molecule has 3 unspecified atom stereocenters. The van der Waals surface area contributed by atoms with E-state index in [0.717, 1.165) is 17.8 Å². The summed E-state index contributed by atoms with van der Waals surface area (Å²) in [5.41, 5.74) is 1.38. The first-order chi connectivity index (χ1) is 4.13. The Balaban J connectivity index is 2.42. The number of hydrogen-bond donors (Lipinski definition) is 0. The molecule has 9 heavy (non-hydrogen) atoms. The fraction of sp³-hybridized carbons (Fsp3) is 0.778. The van der Waals surface area contributed by atoms with Gasteiger partial charge < -0.3 is 0 Å². The summed E-state index contributed by atoms with van der Waals surface area (Å²) in [6, 6.07) is 0. The molecule has 0 N–H and O–H groups in total. The van der Waals surface area contributed by atoms with Gasteiger partial charge in [0.1, 0.15) is 0 Å². The van der Waals surface area contributed by atoms with Gasteiger partial charge in [-0.25, -0.2) is 0 Å². The second kappa shape index (κ2) is 2.17. The van der Waals surface area contributed by atoms with Crippen molar-refractivity contribution >= 4 is 0 Å². The Morgan fingerprint density at radius 3 is 2.11 bits per heavy atom. The van der Waals surface area contributed by atoms with Crippen LogP contribution in [0.4, 0.5) is 0 Å². The zero-order valence-electron chi connectivity index (χ0n) is 6.65. The van der Waals surface area contributed by atoms with Crippen LogP contribution in [-0.2, 0) is 0 Å². The van der Waals surface area contributed by atoms with Gasteiger partial charge in [-0.3, -0.25) is 0 Å². The molecule has 1 aliphatic carbocycles. The predicted octanol–water partition coefficient (Wildman–Crippen LogP) is 2.85. The van der Waals surface area contributed by atoms with Crippen molar-refractivity contribution in [1.29, 1.82) is 0 Å². The quantitative estimate of drug-likeness (QED) is 0.471. The van der Waals surface area contributed by atoms with Crippen molar-refractivity contribution in [2.24, 2.45) is 17.8 Å². The molecule has 0 aromatic carbocycles. The second-order valence-electron chi connectivity index (χ2n) is 3.52.